The second-order valence-corrected chi connectivity index (χ2v) is 7.29. The molecule has 1 aliphatic heterocycles. The minimum Gasteiger partial charge on any atom is -0.507 e. The van der Waals surface area contributed by atoms with Crippen LogP contribution >= 0.6 is 11.6 Å². The van der Waals surface area contributed by atoms with Gasteiger partial charge in [0.1, 0.15) is 5.76 Å². The average molecular weight is 404 g/mol. The number of halogens is 1. The van der Waals surface area contributed by atoms with Gasteiger partial charge in [0.05, 0.1) is 11.6 Å². The molecular formula is C24H18ClNO3. The molecule has 0 radical (unpaired) electrons. The lowest BCUT2D eigenvalue weighted by Crippen LogP contribution is -2.29. The van der Waals surface area contributed by atoms with Gasteiger partial charge in [-0.15, -0.1) is 0 Å². The van der Waals surface area contributed by atoms with Crippen molar-refractivity contribution in [3.05, 3.63) is 106 Å². The van der Waals surface area contributed by atoms with E-state index in [0.29, 0.717) is 16.3 Å². The molecular weight excluding hydrogens is 386 g/mol. The molecule has 1 aliphatic rings. The van der Waals surface area contributed by atoms with E-state index in [4.69, 9.17) is 11.6 Å². The highest BCUT2D eigenvalue weighted by atomic mass is 35.5. The van der Waals surface area contributed by atoms with Gasteiger partial charge in [0.25, 0.3) is 11.7 Å². The smallest absolute Gasteiger partial charge is 0.300 e. The lowest BCUT2D eigenvalue weighted by Gasteiger charge is -2.25. The first-order chi connectivity index (χ1) is 14.0. The summed E-state index contributed by atoms with van der Waals surface area (Å²) in [7, 11) is 0. The lowest BCUT2D eigenvalue weighted by atomic mass is 9.95. The number of aliphatic hydroxyl groups excluding tert-OH is 1. The molecule has 4 nitrogen and oxygen atoms in total. The highest BCUT2D eigenvalue weighted by molar-refractivity contribution is 6.51. The number of carbonyl (C=O) groups is 2. The Hall–Kier alpha value is -3.37. The summed E-state index contributed by atoms with van der Waals surface area (Å²) in [4.78, 5) is 27.4. The molecule has 144 valence electrons. The number of aryl methyl sites for hydroxylation is 1. The standard InChI is InChI=1S/C24H18ClNO3/c1-15-12-13-18(14-19(15)25)26-21(16-8-4-2-5-9-16)20(23(28)24(26)29)22(27)17-10-6-3-7-11-17/h2-14,21,27H,1H3. The Balaban J connectivity index is 1.95. The molecule has 0 aliphatic carbocycles. The van der Waals surface area contributed by atoms with Gasteiger partial charge < -0.3 is 5.11 Å². The number of Topliss-reactive ketones (excluding diaryl/α,β-unsaturated/α-hetero) is 1. The van der Waals surface area contributed by atoms with Gasteiger partial charge in [0.15, 0.2) is 0 Å². The van der Waals surface area contributed by atoms with Crippen LogP contribution in [0.15, 0.2) is 84.4 Å². The number of ketones is 1. The highest BCUT2D eigenvalue weighted by Crippen LogP contribution is 2.42. The van der Waals surface area contributed by atoms with Crippen molar-refractivity contribution in [2.24, 2.45) is 0 Å². The maximum Gasteiger partial charge on any atom is 0.300 e. The summed E-state index contributed by atoms with van der Waals surface area (Å²) in [6.07, 6.45) is 0. The normalized spacial score (nSPS) is 18.3. The second-order valence-electron chi connectivity index (χ2n) is 6.88. The summed E-state index contributed by atoms with van der Waals surface area (Å²) in [5.41, 5.74) is 2.63. The Morgan fingerprint density at radius 2 is 1.55 bits per heavy atom. The molecule has 1 amide bonds. The van der Waals surface area contributed by atoms with Crippen LogP contribution in [-0.2, 0) is 9.59 Å². The number of carbonyl (C=O) groups excluding carboxylic acids is 2. The molecule has 1 atom stereocenters. The number of hydrogen-bond acceptors (Lipinski definition) is 3. The Labute approximate surface area is 173 Å². The van der Waals surface area contributed by atoms with Crippen LogP contribution in [0.5, 0.6) is 0 Å². The third-order valence-corrected chi connectivity index (χ3v) is 5.45. The largest absolute Gasteiger partial charge is 0.507 e. The van der Waals surface area contributed by atoms with Crippen molar-refractivity contribution in [1.82, 2.24) is 0 Å². The van der Waals surface area contributed by atoms with Crippen LogP contribution in [-0.4, -0.2) is 16.8 Å². The van der Waals surface area contributed by atoms with Gasteiger partial charge in [0.2, 0.25) is 0 Å². The van der Waals surface area contributed by atoms with Gasteiger partial charge >= 0.3 is 0 Å². The molecule has 1 heterocycles. The fourth-order valence-corrected chi connectivity index (χ4v) is 3.71. The summed E-state index contributed by atoms with van der Waals surface area (Å²) in [6, 6.07) is 22.4. The van der Waals surface area contributed by atoms with Crippen LogP contribution in [0, 0.1) is 6.92 Å². The van der Waals surface area contributed by atoms with Crippen molar-refractivity contribution in [1.29, 1.82) is 0 Å². The first-order valence-electron chi connectivity index (χ1n) is 9.16. The van der Waals surface area contributed by atoms with Crippen LogP contribution in [0.2, 0.25) is 5.02 Å². The molecule has 0 saturated carbocycles. The number of hydrogen-bond donors (Lipinski definition) is 1. The fourth-order valence-electron chi connectivity index (χ4n) is 3.53. The molecule has 1 fully saturated rings. The second kappa shape index (κ2) is 7.57. The quantitative estimate of drug-likeness (QED) is 0.368. The summed E-state index contributed by atoms with van der Waals surface area (Å²) in [5.74, 6) is -1.62. The predicted molar refractivity (Wildman–Crippen MR) is 114 cm³/mol. The zero-order chi connectivity index (χ0) is 20.5. The third kappa shape index (κ3) is 3.32. The van der Waals surface area contributed by atoms with Crippen molar-refractivity contribution in [2.75, 3.05) is 4.90 Å². The van der Waals surface area contributed by atoms with E-state index in [0.717, 1.165) is 11.1 Å². The number of amides is 1. The molecule has 4 rings (SSSR count). The summed E-state index contributed by atoms with van der Waals surface area (Å²) in [5, 5.41) is 11.5. The topological polar surface area (TPSA) is 57.6 Å². The maximum absolute atomic E-state index is 13.0. The van der Waals surface area contributed by atoms with E-state index in [9.17, 15) is 14.7 Å². The number of aliphatic hydroxyl groups is 1. The summed E-state index contributed by atoms with van der Waals surface area (Å²) < 4.78 is 0. The summed E-state index contributed by atoms with van der Waals surface area (Å²) >= 11 is 6.28. The van der Waals surface area contributed by atoms with Gasteiger partial charge in [-0.25, -0.2) is 0 Å². The fraction of sp³-hybridized carbons (Fsp3) is 0.0833. The van der Waals surface area contributed by atoms with E-state index in [-0.39, 0.29) is 11.3 Å². The molecule has 1 saturated heterocycles. The van der Waals surface area contributed by atoms with E-state index in [1.807, 2.05) is 43.3 Å². The first kappa shape index (κ1) is 19.0. The molecule has 29 heavy (non-hydrogen) atoms. The van der Waals surface area contributed by atoms with Crippen LogP contribution in [0.3, 0.4) is 0 Å². The first-order valence-corrected chi connectivity index (χ1v) is 9.54. The number of rotatable bonds is 3. The van der Waals surface area contributed by atoms with Gasteiger partial charge in [0, 0.05) is 16.3 Å². The van der Waals surface area contributed by atoms with E-state index in [2.05, 4.69) is 0 Å². The van der Waals surface area contributed by atoms with Crippen molar-refractivity contribution < 1.29 is 14.7 Å². The van der Waals surface area contributed by atoms with E-state index < -0.39 is 17.7 Å². The van der Waals surface area contributed by atoms with Gasteiger partial charge in [-0.3, -0.25) is 14.5 Å². The maximum atomic E-state index is 13.0. The highest BCUT2D eigenvalue weighted by Gasteiger charge is 2.46. The van der Waals surface area contributed by atoms with Crippen LogP contribution in [0.1, 0.15) is 22.7 Å². The third-order valence-electron chi connectivity index (χ3n) is 5.04. The molecule has 3 aromatic carbocycles. The molecule has 5 heteroatoms. The van der Waals surface area contributed by atoms with Gasteiger partial charge in [-0.05, 0) is 30.2 Å². The molecule has 3 aromatic rings. The van der Waals surface area contributed by atoms with Crippen LogP contribution < -0.4 is 4.90 Å². The Bertz CT molecular complexity index is 1120. The number of benzene rings is 3. The van der Waals surface area contributed by atoms with Crippen molar-refractivity contribution >= 4 is 34.7 Å². The van der Waals surface area contributed by atoms with Crippen molar-refractivity contribution in [3.8, 4) is 0 Å². The van der Waals surface area contributed by atoms with E-state index in [1.54, 1.807) is 42.5 Å². The molecule has 0 spiro atoms. The van der Waals surface area contributed by atoms with Crippen molar-refractivity contribution in [3.63, 3.8) is 0 Å². The zero-order valence-electron chi connectivity index (χ0n) is 15.7. The number of anilines is 1. The summed E-state index contributed by atoms with van der Waals surface area (Å²) in [6.45, 7) is 1.87. The zero-order valence-corrected chi connectivity index (χ0v) is 16.4. The molecule has 0 aromatic heterocycles. The molecule has 1 unspecified atom stereocenters. The van der Waals surface area contributed by atoms with Crippen molar-refractivity contribution in [2.45, 2.75) is 13.0 Å². The minimum atomic E-state index is -0.754. The number of nitrogens with zero attached hydrogens (tertiary/aromatic N) is 1. The van der Waals surface area contributed by atoms with Gasteiger partial charge in [-0.2, -0.15) is 0 Å². The van der Waals surface area contributed by atoms with E-state index >= 15 is 0 Å². The Kier molecular flexibility index (Phi) is 4.95. The Morgan fingerprint density at radius 3 is 2.17 bits per heavy atom. The average Bonchev–Trinajstić information content (AvgIpc) is 3.02. The van der Waals surface area contributed by atoms with Crippen LogP contribution in [0.4, 0.5) is 5.69 Å². The Morgan fingerprint density at radius 1 is 0.931 bits per heavy atom. The predicted octanol–water partition coefficient (Wildman–Crippen LogP) is 5.27. The molecule has 1 N–H and O–H groups in total. The minimum absolute atomic E-state index is 0.0593. The lowest BCUT2D eigenvalue weighted by molar-refractivity contribution is -0.132. The van der Waals surface area contributed by atoms with Crippen LogP contribution in [0.25, 0.3) is 5.76 Å². The van der Waals surface area contributed by atoms with E-state index in [1.165, 1.54) is 4.90 Å². The van der Waals surface area contributed by atoms with Gasteiger partial charge in [-0.1, -0.05) is 78.3 Å². The molecule has 0 bridgehead atoms. The SMILES string of the molecule is Cc1ccc(N2C(=O)C(=O)C(=C(O)c3ccccc3)C2c2ccccc2)cc1Cl. The monoisotopic (exact) mass is 403 g/mol.